The molecule has 0 aromatic heterocycles. The third-order valence-electron chi connectivity index (χ3n) is 3.08. The highest BCUT2D eigenvalue weighted by Gasteiger charge is 2.15. The van der Waals surface area contributed by atoms with Gasteiger partial charge in [0, 0.05) is 11.6 Å². The molecule has 1 rings (SSSR count). The quantitative estimate of drug-likeness (QED) is 0.795. The van der Waals surface area contributed by atoms with Gasteiger partial charge in [-0.1, -0.05) is 20.8 Å². The first-order valence-electron chi connectivity index (χ1n) is 7.13. The molecule has 19 heavy (non-hydrogen) atoms. The van der Waals surface area contributed by atoms with E-state index in [1.807, 2.05) is 13.8 Å². The van der Waals surface area contributed by atoms with Crippen molar-refractivity contribution in [3.8, 4) is 5.75 Å². The molecule has 2 atom stereocenters. The average Bonchev–Trinajstić information content (AvgIpc) is 2.30. The Morgan fingerprint density at radius 2 is 1.89 bits per heavy atom. The predicted molar refractivity (Wildman–Crippen MR) is 78.0 cm³/mol. The predicted octanol–water partition coefficient (Wildman–Crippen LogP) is 4.31. The molecule has 0 saturated heterocycles. The Balaban J connectivity index is 2.87. The third-order valence-corrected chi connectivity index (χ3v) is 3.08. The summed E-state index contributed by atoms with van der Waals surface area (Å²) in [5.74, 6) is 1.15. The van der Waals surface area contributed by atoms with Crippen LogP contribution in [-0.4, -0.2) is 12.6 Å². The zero-order valence-corrected chi connectivity index (χ0v) is 12.7. The number of benzene rings is 1. The minimum absolute atomic E-state index is 0.0851. The van der Waals surface area contributed by atoms with Crippen molar-refractivity contribution in [2.45, 2.75) is 53.2 Å². The number of rotatable bonds is 7. The molecule has 0 amide bonds. The molecule has 0 aliphatic carbocycles. The third kappa shape index (κ3) is 5.19. The van der Waals surface area contributed by atoms with Crippen LogP contribution >= 0.6 is 0 Å². The van der Waals surface area contributed by atoms with Gasteiger partial charge in [0.25, 0.3) is 0 Å². The van der Waals surface area contributed by atoms with Crippen molar-refractivity contribution >= 4 is 0 Å². The average molecular weight is 267 g/mol. The van der Waals surface area contributed by atoms with E-state index in [1.54, 1.807) is 12.1 Å². The van der Waals surface area contributed by atoms with E-state index in [4.69, 9.17) is 4.74 Å². The Kier molecular flexibility index (Phi) is 6.29. The summed E-state index contributed by atoms with van der Waals surface area (Å²) in [4.78, 5) is 0. The standard InChI is InChI=1S/C16H26FNO/c1-6-18-13(5)15-10-14(17)7-8-16(15)19-12(4)9-11(2)3/h7-8,10-13,18H,6,9H2,1-5H3. The van der Waals surface area contributed by atoms with Gasteiger partial charge >= 0.3 is 0 Å². The van der Waals surface area contributed by atoms with Crippen molar-refractivity contribution in [3.05, 3.63) is 29.6 Å². The monoisotopic (exact) mass is 267 g/mol. The molecule has 1 aromatic rings. The van der Waals surface area contributed by atoms with E-state index in [9.17, 15) is 4.39 Å². The van der Waals surface area contributed by atoms with Crippen LogP contribution in [0.25, 0.3) is 0 Å². The van der Waals surface area contributed by atoms with Crippen molar-refractivity contribution in [3.63, 3.8) is 0 Å². The Hall–Kier alpha value is -1.09. The lowest BCUT2D eigenvalue weighted by molar-refractivity contribution is 0.190. The van der Waals surface area contributed by atoms with Crippen LogP contribution in [0, 0.1) is 11.7 Å². The van der Waals surface area contributed by atoms with Gasteiger partial charge < -0.3 is 10.1 Å². The summed E-state index contributed by atoms with van der Waals surface area (Å²) >= 11 is 0. The maximum Gasteiger partial charge on any atom is 0.124 e. The van der Waals surface area contributed by atoms with E-state index in [1.165, 1.54) is 6.07 Å². The highest BCUT2D eigenvalue weighted by atomic mass is 19.1. The molecule has 0 saturated carbocycles. The van der Waals surface area contributed by atoms with Gasteiger partial charge in [0.05, 0.1) is 6.10 Å². The molecule has 0 spiro atoms. The number of ether oxygens (including phenoxy) is 1. The summed E-state index contributed by atoms with van der Waals surface area (Å²) in [7, 11) is 0. The smallest absolute Gasteiger partial charge is 0.124 e. The molecule has 0 radical (unpaired) electrons. The van der Waals surface area contributed by atoms with E-state index < -0.39 is 0 Å². The fourth-order valence-electron chi connectivity index (χ4n) is 2.31. The lowest BCUT2D eigenvalue weighted by Crippen LogP contribution is -2.21. The summed E-state index contributed by atoms with van der Waals surface area (Å²) in [5, 5.41) is 3.30. The van der Waals surface area contributed by atoms with Gasteiger partial charge in [-0.05, 0) is 50.9 Å². The minimum atomic E-state index is -0.219. The second-order valence-corrected chi connectivity index (χ2v) is 5.52. The first-order valence-corrected chi connectivity index (χ1v) is 7.13. The molecular weight excluding hydrogens is 241 g/mol. The Bertz CT molecular complexity index is 392. The normalized spacial score (nSPS) is 14.5. The first kappa shape index (κ1) is 16.0. The maximum atomic E-state index is 13.4. The van der Waals surface area contributed by atoms with Gasteiger partial charge in [0.15, 0.2) is 0 Å². The van der Waals surface area contributed by atoms with Gasteiger partial charge in [-0.3, -0.25) is 0 Å². The van der Waals surface area contributed by atoms with E-state index in [2.05, 4.69) is 26.1 Å². The van der Waals surface area contributed by atoms with Crippen LogP contribution < -0.4 is 10.1 Å². The van der Waals surface area contributed by atoms with Crippen molar-refractivity contribution in [1.82, 2.24) is 5.32 Å². The number of hydrogen-bond donors (Lipinski definition) is 1. The summed E-state index contributed by atoms with van der Waals surface area (Å²) in [6, 6.07) is 4.83. The van der Waals surface area contributed by atoms with Crippen molar-refractivity contribution in [2.75, 3.05) is 6.54 Å². The largest absolute Gasteiger partial charge is 0.490 e. The highest BCUT2D eigenvalue weighted by molar-refractivity contribution is 5.36. The van der Waals surface area contributed by atoms with E-state index in [-0.39, 0.29) is 18.0 Å². The van der Waals surface area contributed by atoms with Gasteiger partial charge in [-0.25, -0.2) is 4.39 Å². The lowest BCUT2D eigenvalue weighted by atomic mass is 10.1. The van der Waals surface area contributed by atoms with Crippen molar-refractivity contribution in [1.29, 1.82) is 0 Å². The Morgan fingerprint density at radius 3 is 2.47 bits per heavy atom. The number of hydrogen-bond acceptors (Lipinski definition) is 2. The van der Waals surface area contributed by atoms with Crippen molar-refractivity contribution < 1.29 is 9.13 Å². The van der Waals surface area contributed by atoms with Gasteiger partial charge in [0.1, 0.15) is 11.6 Å². The molecule has 0 fully saturated rings. The number of nitrogens with one attached hydrogen (secondary N) is 1. The first-order chi connectivity index (χ1) is 8.93. The topological polar surface area (TPSA) is 21.3 Å². The van der Waals surface area contributed by atoms with Crippen LogP contribution in [0.3, 0.4) is 0 Å². The summed E-state index contributed by atoms with van der Waals surface area (Å²) < 4.78 is 19.4. The molecule has 1 N–H and O–H groups in total. The maximum absolute atomic E-state index is 13.4. The van der Waals surface area contributed by atoms with Crippen LogP contribution in [0.4, 0.5) is 4.39 Å². The minimum Gasteiger partial charge on any atom is -0.490 e. The van der Waals surface area contributed by atoms with Gasteiger partial charge in [-0.15, -0.1) is 0 Å². The molecule has 3 heteroatoms. The van der Waals surface area contributed by atoms with Crippen LogP contribution in [0.15, 0.2) is 18.2 Å². The molecule has 0 aliphatic heterocycles. The second kappa shape index (κ2) is 7.49. The van der Waals surface area contributed by atoms with E-state index >= 15 is 0 Å². The fourth-order valence-corrected chi connectivity index (χ4v) is 2.31. The van der Waals surface area contributed by atoms with Crippen LogP contribution in [-0.2, 0) is 0 Å². The molecule has 0 bridgehead atoms. The Morgan fingerprint density at radius 1 is 1.21 bits per heavy atom. The molecule has 1 aromatic carbocycles. The Labute approximate surface area is 116 Å². The van der Waals surface area contributed by atoms with Crippen LogP contribution in [0.1, 0.15) is 52.6 Å². The summed E-state index contributed by atoms with van der Waals surface area (Å²) in [6.07, 6.45) is 1.13. The molecule has 0 aliphatic rings. The van der Waals surface area contributed by atoms with Crippen LogP contribution in [0.5, 0.6) is 5.75 Å². The van der Waals surface area contributed by atoms with Crippen molar-refractivity contribution in [2.24, 2.45) is 5.92 Å². The van der Waals surface area contributed by atoms with Crippen LogP contribution in [0.2, 0.25) is 0 Å². The highest BCUT2D eigenvalue weighted by Crippen LogP contribution is 2.27. The van der Waals surface area contributed by atoms with E-state index in [0.29, 0.717) is 5.92 Å². The lowest BCUT2D eigenvalue weighted by Gasteiger charge is -2.22. The van der Waals surface area contributed by atoms with E-state index in [0.717, 1.165) is 24.3 Å². The number of halogens is 1. The zero-order chi connectivity index (χ0) is 14.4. The fraction of sp³-hybridized carbons (Fsp3) is 0.625. The van der Waals surface area contributed by atoms with Gasteiger partial charge in [-0.2, -0.15) is 0 Å². The van der Waals surface area contributed by atoms with Gasteiger partial charge in [0.2, 0.25) is 0 Å². The second-order valence-electron chi connectivity index (χ2n) is 5.52. The molecule has 2 unspecified atom stereocenters. The molecule has 2 nitrogen and oxygen atoms in total. The SMILES string of the molecule is CCNC(C)c1cc(F)ccc1OC(C)CC(C)C. The summed E-state index contributed by atoms with van der Waals surface area (Å²) in [6.45, 7) is 11.3. The summed E-state index contributed by atoms with van der Waals surface area (Å²) in [5.41, 5.74) is 0.887. The molecule has 0 heterocycles. The zero-order valence-electron chi connectivity index (χ0n) is 12.7. The molecular formula is C16H26FNO. The molecule has 108 valence electrons.